The standard InChI is InChI=1S/C10H16ClN3O/c1-7(2-3-15)6-13-10-5-8(12)4-9(11)14-10/h4-5,7,15H,2-3,6H2,1H3,(H3,12,13,14). The highest BCUT2D eigenvalue weighted by Gasteiger charge is 2.03. The van der Waals surface area contributed by atoms with Crippen molar-refractivity contribution in [3.8, 4) is 0 Å². The average molecular weight is 230 g/mol. The molecule has 0 fully saturated rings. The van der Waals surface area contributed by atoms with Crippen LogP contribution in [0.25, 0.3) is 0 Å². The lowest BCUT2D eigenvalue weighted by atomic mass is 10.1. The zero-order valence-corrected chi connectivity index (χ0v) is 9.46. The van der Waals surface area contributed by atoms with Crippen molar-refractivity contribution < 1.29 is 5.11 Å². The Labute approximate surface area is 94.5 Å². The molecule has 1 rings (SSSR count). The number of nitrogen functional groups attached to an aromatic ring is 1. The fourth-order valence-corrected chi connectivity index (χ4v) is 1.43. The number of nitrogens with one attached hydrogen (secondary N) is 1. The minimum absolute atomic E-state index is 0.202. The molecular formula is C10H16ClN3O. The van der Waals surface area contributed by atoms with Crippen LogP contribution in [0.4, 0.5) is 11.5 Å². The van der Waals surface area contributed by atoms with Gasteiger partial charge in [0.05, 0.1) is 0 Å². The lowest BCUT2D eigenvalue weighted by Gasteiger charge is -2.12. The first-order valence-electron chi connectivity index (χ1n) is 4.89. The summed E-state index contributed by atoms with van der Waals surface area (Å²) in [7, 11) is 0. The summed E-state index contributed by atoms with van der Waals surface area (Å²) in [5.41, 5.74) is 6.21. The molecule has 5 heteroatoms. The van der Waals surface area contributed by atoms with Gasteiger partial charge in [-0.15, -0.1) is 0 Å². The maximum atomic E-state index is 8.74. The van der Waals surface area contributed by atoms with Gasteiger partial charge in [-0.2, -0.15) is 0 Å². The van der Waals surface area contributed by atoms with Gasteiger partial charge in [0, 0.05) is 24.9 Å². The summed E-state index contributed by atoms with van der Waals surface area (Å²) in [5.74, 6) is 1.06. The molecule has 4 nitrogen and oxygen atoms in total. The Bertz CT molecular complexity index is 299. The van der Waals surface area contributed by atoms with Crippen LogP contribution in [0, 0.1) is 5.92 Å². The van der Waals surface area contributed by atoms with E-state index in [1.54, 1.807) is 12.1 Å². The summed E-state index contributed by atoms with van der Waals surface area (Å²) < 4.78 is 0. The minimum Gasteiger partial charge on any atom is -0.399 e. The number of anilines is 2. The molecule has 0 saturated carbocycles. The molecule has 4 N–H and O–H groups in total. The quantitative estimate of drug-likeness (QED) is 0.673. The van der Waals surface area contributed by atoms with Gasteiger partial charge in [0.15, 0.2) is 0 Å². The lowest BCUT2D eigenvalue weighted by molar-refractivity contribution is 0.266. The topological polar surface area (TPSA) is 71.2 Å². The number of aromatic nitrogens is 1. The maximum Gasteiger partial charge on any atom is 0.133 e. The van der Waals surface area contributed by atoms with Crippen LogP contribution in [-0.4, -0.2) is 23.2 Å². The van der Waals surface area contributed by atoms with Gasteiger partial charge in [-0.25, -0.2) is 4.98 Å². The Morgan fingerprint density at radius 3 is 2.93 bits per heavy atom. The van der Waals surface area contributed by atoms with Crippen LogP contribution in [0.5, 0.6) is 0 Å². The van der Waals surface area contributed by atoms with Crippen LogP contribution in [0.3, 0.4) is 0 Å². The smallest absolute Gasteiger partial charge is 0.133 e. The third kappa shape index (κ3) is 4.36. The van der Waals surface area contributed by atoms with E-state index in [0.29, 0.717) is 22.6 Å². The van der Waals surface area contributed by atoms with Crippen molar-refractivity contribution in [2.75, 3.05) is 24.2 Å². The zero-order chi connectivity index (χ0) is 11.3. The highest BCUT2D eigenvalue weighted by Crippen LogP contribution is 2.16. The second kappa shape index (κ2) is 5.78. The number of pyridine rings is 1. The normalized spacial score (nSPS) is 12.5. The van der Waals surface area contributed by atoms with E-state index in [4.69, 9.17) is 22.4 Å². The Morgan fingerprint density at radius 2 is 2.33 bits per heavy atom. The van der Waals surface area contributed by atoms with Crippen molar-refractivity contribution in [1.29, 1.82) is 0 Å². The molecule has 0 bridgehead atoms. The van der Waals surface area contributed by atoms with E-state index in [0.717, 1.165) is 13.0 Å². The molecule has 1 aromatic heterocycles. The molecule has 84 valence electrons. The number of aliphatic hydroxyl groups is 1. The molecule has 1 unspecified atom stereocenters. The Balaban J connectivity index is 2.50. The third-order valence-corrected chi connectivity index (χ3v) is 2.26. The second-order valence-electron chi connectivity index (χ2n) is 3.61. The largest absolute Gasteiger partial charge is 0.399 e. The molecule has 1 atom stereocenters. The van der Waals surface area contributed by atoms with Crippen LogP contribution in [0.1, 0.15) is 13.3 Å². The maximum absolute atomic E-state index is 8.74. The number of hydrogen-bond donors (Lipinski definition) is 3. The van der Waals surface area contributed by atoms with Gasteiger partial charge in [-0.3, -0.25) is 0 Å². The SMILES string of the molecule is CC(CCO)CNc1cc(N)cc(Cl)n1. The van der Waals surface area contributed by atoms with E-state index in [1.165, 1.54) is 0 Å². The summed E-state index contributed by atoms with van der Waals surface area (Å²) in [6.07, 6.45) is 0.767. The van der Waals surface area contributed by atoms with E-state index in [9.17, 15) is 0 Å². The van der Waals surface area contributed by atoms with Gasteiger partial charge in [0.25, 0.3) is 0 Å². The molecule has 0 amide bonds. The predicted molar refractivity (Wildman–Crippen MR) is 63.0 cm³/mol. The zero-order valence-electron chi connectivity index (χ0n) is 8.70. The number of nitrogens with zero attached hydrogens (tertiary/aromatic N) is 1. The van der Waals surface area contributed by atoms with Crippen LogP contribution in [0.2, 0.25) is 5.15 Å². The number of halogens is 1. The number of rotatable bonds is 5. The van der Waals surface area contributed by atoms with Crippen molar-refractivity contribution in [2.45, 2.75) is 13.3 Å². The van der Waals surface area contributed by atoms with E-state index >= 15 is 0 Å². The minimum atomic E-state index is 0.202. The fraction of sp³-hybridized carbons (Fsp3) is 0.500. The molecular weight excluding hydrogens is 214 g/mol. The van der Waals surface area contributed by atoms with E-state index in [2.05, 4.69) is 17.2 Å². The fourth-order valence-electron chi connectivity index (χ4n) is 1.21. The molecule has 0 aliphatic rings. The molecule has 0 aliphatic heterocycles. The highest BCUT2D eigenvalue weighted by atomic mass is 35.5. The van der Waals surface area contributed by atoms with E-state index in [1.807, 2.05) is 0 Å². The Morgan fingerprint density at radius 1 is 1.60 bits per heavy atom. The van der Waals surface area contributed by atoms with E-state index < -0.39 is 0 Å². The molecule has 0 radical (unpaired) electrons. The summed E-state index contributed by atoms with van der Waals surface area (Å²) in [4.78, 5) is 4.08. The first kappa shape index (κ1) is 12.1. The summed E-state index contributed by atoms with van der Waals surface area (Å²) in [6, 6.07) is 3.33. The summed E-state index contributed by atoms with van der Waals surface area (Å²) in [6.45, 7) is 3.00. The summed E-state index contributed by atoms with van der Waals surface area (Å²) >= 11 is 5.76. The van der Waals surface area contributed by atoms with Gasteiger partial charge in [-0.05, 0) is 18.4 Å². The average Bonchev–Trinajstić information content (AvgIpc) is 2.14. The number of hydrogen-bond acceptors (Lipinski definition) is 4. The first-order chi connectivity index (χ1) is 7.11. The molecule has 1 heterocycles. The number of aliphatic hydroxyl groups excluding tert-OH is 1. The molecule has 1 aromatic rings. The number of nitrogens with two attached hydrogens (primary N) is 1. The van der Waals surface area contributed by atoms with Crippen molar-refractivity contribution in [1.82, 2.24) is 4.98 Å². The van der Waals surface area contributed by atoms with Gasteiger partial charge < -0.3 is 16.2 Å². The van der Waals surface area contributed by atoms with Crippen LogP contribution >= 0.6 is 11.6 Å². The van der Waals surface area contributed by atoms with E-state index in [-0.39, 0.29) is 6.61 Å². The Kier molecular flexibility index (Phi) is 4.65. The van der Waals surface area contributed by atoms with Gasteiger partial charge in [-0.1, -0.05) is 18.5 Å². The van der Waals surface area contributed by atoms with Crippen LogP contribution in [0.15, 0.2) is 12.1 Å². The van der Waals surface area contributed by atoms with Gasteiger partial charge in [0.2, 0.25) is 0 Å². The summed E-state index contributed by atoms with van der Waals surface area (Å²) in [5, 5.41) is 12.2. The van der Waals surface area contributed by atoms with Gasteiger partial charge >= 0.3 is 0 Å². The van der Waals surface area contributed by atoms with Crippen molar-refractivity contribution in [2.24, 2.45) is 5.92 Å². The molecule has 0 spiro atoms. The molecule has 15 heavy (non-hydrogen) atoms. The molecule has 0 aliphatic carbocycles. The van der Waals surface area contributed by atoms with Crippen molar-refractivity contribution in [3.05, 3.63) is 17.3 Å². The van der Waals surface area contributed by atoms with Crippen molar-refractivity contribution in [3.63, 3.8) is 0 Å². The van der Waals surface area contributed by atoms with Gasteiger partial charge in [0.1, 0.15) is 11.0 Å². The van der Waals surface area contributed by atoms with Crippen molar-refractivity contribution >= 4 is 23.1 Å². The third-order valence-electron chi connectivity index (χ3n) is 2.07. The monoisotopic (exact) mass is 229 g/mol. The first-order valence-corrected chi connectivity index (χ1v) is 5.27. The highest BCUT2D eigenvalue weighted by molar-refractivity contribution is 6.29. The lowest BCUT2D eigenvalue weighted by Crippen LogP contribution is -2.13. The second-order valence-corrected chi connectivity index (χ2v) is 3.99. The van der Waals surface area contributed by atoms with Crippen LogP contribution < -0.4 is 11.1 Å². The predicted octanol–water partition coefficient (Wildman–Crippen LogP) is 1.75. The Hall–Kier alpha value is -1.00. The molecule has 0 aromatic carbocycles. The molecule has 0 saturated heterocycles. The van der Waals surface area contributed by atoms with Crippen LogP contribution in [-0.2, 0) is 0 Å².